The molecule has 0 radical (unpaired) electrons. The maximum Gasteiger partial charge on any atom is 0.323 e. The Morgan fingerprint density at radius 1 is 1.58 bits per heavy atom. The lowest BCUT2D eigenvalue weighted by molar-refractivity contribution is -0.148. The van der Waals surface area contributed by atoms with Gasteiger partial charge in [0, 0.05) is 16.0 Å². The van der Waals surface area contributed by atoms with E-state index in [-0.39, 0.29) is 12.0 Å². The van der Waals surface area contributed by atoms with Gasteiger partial charge in [-0.2, -0.15) is 0 Å². The van der Waals surface area contributed by atoms with E-state index in [0.717, 1.165) is 34.4 Å². The molecular weight excluding hydrogens is 330 g/mol. The molecule has 1 aromatic carbocycles. The van der Waals surface area contributed by atoms with E-state index in [4.69, 9.17) is 16.3 Å². The second-order valence-corrected chi connectivity index (χ2v) is 5.94. The Labute approximate surface area is 127 Å². The smallest absolute Gasteiger partial charge is 0.323 e. The maximum atomic E-state index is 11.9. The number of benzene rings is 1. The minimum atomic E-state index is -0.125. The lowest BCUT2D eigenvalue weighted by atomic mass is 10.2. The first kappa shape index (κ1) is 14.8. The summed E-state index contributed by atoms with van der Waals surface area (Å²) in [4.78, 5) is 14.0. The highest BCUT2D eigenvalue weighted by atomic mass is 79.9. The number of esters is 1. The van der Waals surface area contributed by atoms with Crippen molar-refractivity contribution in [3.05, 3.63) is 33.3 Å². The lowest BCUT2D eigenvalue weighted by Crippen LogP contribution is -2.36. The maximum absolute atomic E-state index is 11.9. The van der Waals surface area contributed by atoms with Gasteiger partial charge in [-0.3, -0.25) is 9.69 Å². The van der Waals surface area contributed by atoms with Gasteiger partial charge >= 0.3 is 5.97 Å². The number of ether oxygens (including phenoxy) is 1. The summed E-state index contributed by atoms with van der Waals surface area (Å²) in [6.45, 7) is 3.87. The topological polar surface area (TPSA) is 29.5 Å². The van der Waals surface area contributed by atoms with Gasteiger partial charge in [0.2, 0.25) is 0 Å². The normalized spacial score (nSPS) is 19.6. The van der Waals surface area contributed by atoms with Gasteiger partial charge in [-0.05, 0) is 44.0 Å². The number of likely N-dealkylation sites (tertiary alicyclic amines) is 1. The van der Waals surface area contributed by atoms with Crippen LogP contribution in [0.3, 0.4) is 0 Å². The summed E-state index contributed by atoms with van der Waals surface area (Å²) < 4.78 is 6.08. The van der Waals surface area contributed by atoms with E-state index in [2.05, 4.69) is 20.8 Å². The highest BCUT2D eigenvalue weighted by Gasteiger charge is 2.31. The van der Waals surface area contributed by atoms with Crippen LogP contribution in [0.2, 0.25) is 5.02 Å². The number of hydrogen-bond donors (Lipinski definition) is 0. The van der Waals surface area contributed by atoms with Crippen molar-refractivity contribution in [1.82, 2.24) is 4.90 Å². The minimum Gasteiger partial charge on any atom is -0.465 e. The molecule has 104 valence electrons. The summed E-state index contributed by atoms with van der Waals surface area (Å²) >= 11 is 9.62. The fourth-order valence-electron chi connectivity index (χ4n) is 2.39. The van der Waals surface area contributed by atoms with Crippen molar-refractivity contribution < 1.29 is 9.53 Å². The van der Waals surface area contributed by atoms with Crippen molar-refractivity contribution in [2.45, 2.75) is 32.4 Å². The Kier molecular flexibility index (Phi) is 5.25. The van der Waals surface area contributed by atoms with Crippen LogP contribution in [0, 0.1) is 0 Å². The van der Waals surface area contributed by atoms with Crippen molar-refractivity contribution in [3.63, 3.8) is 0 Å². The molecule has 0 N–H and O–H groups in total. The molecule has 3 nitrogen and oxygen atoms in total. The molecule has 1 unspecified atom stereocenters. The van der Waals surface area contributed by atoms with Gasteiger partial charge < -0.3 is 4.74 Å². The van der Waals surface area contributed by atoms with Crippen LogP contribution in [0.5, 0.6) is 0 Å². The van der Waals surface area contributed by atoms with Crippen LogP contribution in [0.15, 0.2) is 22.7 Å². The van der Waals surface area contributed by atoms with Crippen LogP contribution in [-0.4, -0.2) is 30.1 Å². The third kappa shape index (κ3) is 3.71. The zero-order valence-corrected chi connectivity index (χ0v) is 13.2. The summed E-state index contributed by atoms with van der Waals surface area (Å²) in [7, 11) is 0. The first-order valence-corrected chi connectivity index (χ1v) is 7.63. The number of carbonyl (C=O) groups excluding carboxylic acids is 1. The largest absolute Gasteiger partial charge is 0.465 e. The molecule has 0 aliphatic carbocycles. The Balaban J connectivity index is 2.07. The standard InChI is InChI=1S/C14H17BrClNO2/c1-2-19-14(18)13-4-3-7-17(13)9-10-5-6-11(15)8-12(10)16/h5-6,8,13H,2-4,7,9H2,1H3. The SMILES string of the molecule is CCOC(=O)C1CCCN1Cc1ccc(Br)cc1Cl. The van der Waals surface area contributed by atoms with Gasteiger partial charge in [0.05, 0.1) is 6.61 Å². The van der Waals surface area contributed by atoms with Crippen LogP contribution in [0.4, 0.5) is 0 Å². The quantitative estimate of drug-likeness (QED) is 0.780. The average Bonchev–Trinajstić information content (AvgIpc) is 2.81. The van der Waals surface area contributed by atoms with Gasteiger partial charge in [0.1, 0.15) is 6.04 Å². The fourth-order valence-corrected chi connectivity index (χ4v) is 3.12. The predicted molar refractivity (Wildman–Crippen MR) is 79.2 cm³/mol. The molecule has 0 amide bonds. The summed E-state index contributed by atoms with van der Waals surface area (Å²) in [5.74, 6) is -0.117. The van der Waals surface area contributed by atoms with E-state index in [1.54, 1.807) is 0 Å². The first-order valence-electron chi connectivity index (χ1n) is 6.46. The van der Waals surface area contributed by atoms with Crippen molar-refractivity contribution in [2.75, 3.05) is 13.2 Å². The van der Waals surface area contributed by atoms with Crippen molar-refractivity contribution in [2.24, 2.45) is 0 Å². The second kappa shape index (κ2) is 6.73. The molecule has 0 saturated carbocycles. The Bertz CT molecular complexity index is 467. The third-order valence-electron chi connectivity index (χ3n) is 3.31. The highest BCUT2D eigenvalue weighted by molar-refractivity contribution is 9.10. The second-order valence-electron chi connectivity index (χ2n) is 4.62. The molecule has 1 aromatic rings. The molecule has 5 heteroatoms. The van der Waals surface area contributed by atoms with E-state index in [0.29, 0.717) is 13.2 Å². The number of carbonyl (C=O) groups is 1. The van der Waals surface area contributed by atoms with Crippen LogP contribution in [0.1, 0.15) is 25.3 Å². The van der Waals surface area contributed by atoms with Gasteiger partial charge in [-0.15, -0.1) is 0 Å². The Hall–Kier alpha value is -0.580. The van der Waals surface area contributed by atoms with Crippen LogP contribution in [-0.2, 0) is 16.1 Å². The number of rotatable bonds is 4. The third-order valence-corrected chi connectivity index (χ3v) is 4.16. The van der Waals surface area contributed by atoms with Gasteiger partial charge in [-0.1, -0.05) is 33.6 Å². The van der Waals surface area contributed by atoms with E-state index >= 15 is 0 Å². The first-order chi connectivity index (χ1) is 9.11. The van der Waals surface area contributed by atoms with Crippen molar-refractivity contribution >= 4 is 33.5 Å². The van der Waals surface area contributed by atoms with Crippen molar-refractivity contribution in [3.8, 4) is 0 Å². The lowest BCUT2D eigenvalue weighted by Gasteiger charge is -2.23. The Morgan fingerprint density at radius 2 is 2.37 bits per heavy atom. The molecule has 0 bridgehead atoms. The molecule has 0 spiro atoms. The molecule has 2 rings (SSSR count). The minimum absolute atomic E-state index is 0.117. The van der Waals surface area contributed by atoms with Gasteiger partial charge in [0.25, 0.3) is 0 Å². The summed E-state index contributed by atoms with van der Waals surface area (Å²) in [5.41, 5.74) is 1.04. The van der Waals surface area contributed by atoms with E-state index < -0.39 is 0 Å². The average molecular weight is 347 g/mol. The number of nitrogens with zero attached hydrogens (tertiary/aromatic N) is 1. The molecule has 1 saturated heterocycles. The fraction of sp³-hybridized carbons (Fsp3) is 0.500. The zero-order chi connectivity index (χ0) is 13.8. The molecule has 19 heavy (non-hydrogen) atoms. The molecular formula is C14H17BrClNO2. The Morgan fingerprint density at radius 3 is 3.05 bits per heavy atom. The predicted octanol–water partition coefficient (Wildman–Crippen LogP) is 3.63. The summed E-state index contributed by atoms with van der Waals surface area (Å²) in [5, 5.41) is 0.726. The number of halogens is 2. The molecule has 1 fully saturated rings. The molecule has 0 aromatic heterocycles. The van der Waals surface area contributed by atoms with E-state index in [9.17, 15) is 4.79 Å². The molecule has 1 aliphatic rings. The monoisotopic (exact) mass is 345 g/mol. The number of hydrogen-bond acceptors (Lipinski definition) is 3. The molecule has 1 heterocycles. The molecule has 1 atom stereocenters. The van der Waals surface area contributed by atoms with E-state index in [1.807, 2.05) is 25.1 Å². The van der Waals surface area contributed by atoms with Gasteiger partial charge in [0.15, 0.2) is 0 Å². The van der Waals surface area contributed by atoms with Crippen LogP contribution in [0.25, 0.3) is 0 Å². The van der Waals surface area contributed by atoms with Crippen LogP contribution >= 0.6 is 27.5 Å². The highest BCUT2D eigenvalue weighted by Crippen LogP contribution is 2.26. The van der Waals surface area contributed by atoms with Crippen LogP contribution < -0.4 is 0 Å². The van der Waals surface area contributed by atoms with Gasteiger partial charge in [-0.25, -0.2) is 0 Å². The molecule has 1 aliphatic heterocycles. The van der Waals surface area contributed by atoms with E-state index in [1.165, 1.54) is 0 Å². The summed E-state index contributed by atoms with van der Waals surface area (Å²) in [6, 6.07) is 5.72. The van der Waals surface area contributed by atoms with Crippen molar-refractivity contribution in [1.29, 1.82) is 0 Å². The zero-order valence-electron chi connectivity index (χ0n) is 10.9. The summed E-state index contributed by atoms with van der Waals surface area (Å²) in [6.07, 6.45) is 1.89.